The number of phenols is 1. The highest BCUT2D eigenvalue weighted by atomic mass is 16.3. The lowest BCUT2D eigenvalue weighted by molar-refractivity contribution is -0.119. The van der Waals surface area contributed by atoms with Crippen molar-refractivity contribution in [2.24, 2.45) is 17.6 Å². The fourth-order valence-corrected chi connectivity index (χ4v) is 7.84. The summed E-state index contributed by atoms with van der Waals surface area (Å²) in [6.45, 7) is 2.15. The van der Waals surface area contributed by atoms with Crippen LogP contribution >= 0.6 is 0 Å². The number of benzene rings is 2. The molecule has 2 bridgehead atoms. The number of amides is 2. The third-order valence-corrected chi connectivity index (χ3v) is 10.1. The Morgan fingerprint density at radius 3 is 2.66 bits per heavy atom. The van der Waals surface area contributed by atoms with E-state index in [1.165, 1.54) is 24.0 Å². The number of fused-ring (bicyclic) bond motifs is 2. The van der Waals surface area contributed by atoms with Crippen LogP contribution in [0.4, 0.5) is 0 Å². The number of hydrogen-bond donors (Lipinski definition) is 4. The average molecular weight is 553 g/mol. The molecule has 3 aliphatic carbocycles. The number of pyridine rings is 1. The van der Waals surface area contributed by atoms with Crippen LogP contribution in [0.1, 0.15) is 57.6 Å². The van der Waals surface area contributed by atoms with E-state index in [1.54, 1.807) is 12.1 Å². The summed E-state index contributed by atoms with van der Waals surface area (Å²) in [5.41, 5.74) is 10.2. The van der Waals surface area contributed by atoms with Crippen LogP contribution in [-0.2, 0) is 35.9 Å². The minimum atomic E-state index is -0.929. The summed E-state index contributed by atoms with van der Waals surface area (Å²) >= 11 is 0. The zero-order valence-corrected chi connectivity index (χ0v) is 23.1. The smallest absolute Gasteiger partial charge is 0.261 e. The molecule has 2 amide bonds. The van der Waals surface area contributed by atoms with E-state index in [0.29, 0.717) is 18.4 Å². The number of nitrogens with one attached hydrogen (secondary N) is 2. The molecule has 7 rings (SSSR count). The summed E-state index contributed by atoms with van der Waals surface area (Å²) in [5, 5.41) is 13.2. The molecule has 2 fully saturated rings. The summed E-state index contributed by atoms with van der Waals surface area (Å²) in [6, 6.07) is 16.3. The quantitative estimate of drug-likeness (QED) is 0.358. The van der Waals surface area contributed by atoms with Gasteiger partial charge in [-0.2, -0.15) is 0 Å². The van der Waals surface area contributed by atoms with Gasteiger partial charge in [-0.3, -0.25) is 19.3 Å². The number of nitrogens with two attached hydrogens (primary N) is 1. The van der Waals surface area contributed by atoms with Crippen LogP contribution in [0, 0.1) is 11.8 Å². The lowest BCUT2D eigenvalue weighted by Gasteiger charge is -2.59. The second-order valence-corrected chi connectivity index (χ2v) is 12.6. The van der Waals surface area contributed by atoms with Crippen LogP contribution in [0.25, 0.3) is 0 Å². The number of aromatic nitrogens is 1. The van der Waals surface area contributed by atoms with Gasteiger partial charge in [0.15, 0.2) is 0 Å². The van der Waals surface area contributed by atoms with E-state index < -0.39 is 23.4 Å². The number of rotatable bonds is 7. The molecular weight excluding hydrogens is 516 g/mol. The highest BCUT2D eigenvalue weighted by molar-refractivity contribution is 5.97. The Labute approximate surface area is 239 Å². The molecule has 0 spiro atoms. The fourth-order valence-electron chi connectivity index (χ4n) is 7.84. The Kier molecular flexibility index (Phi) is 6.27. The first-order valence-electron chi connectivity index (χ1n) is 14.8. The Hall–Kier alpha value is -3.91. The maximum Gasteiger partial charge on any atom is 0.261 e. The summed E-state index contributed by atoms with van der Waals surface area (Å²) in [4.78, 5) is 44.5. The highest BCUT2D eigenvalue weighted by Crippen LogP contribution is 2.55. The molecule has 1 saturated heterocycles. The summed E-state index contributed by atoms with van der Waals surface area (Å²) in [7, 11) is 0. The number of primary amides is 1. The number of carbonyl (C=O) groups excluding carboxylic acids is 2. The van der Waals surface area contributed by atoms with Crippen LogP contribution in [0.15, 0.2) is 59.4 Å². The molecular formula is C33H36N4O4. The minimum absolute atomic E-state index is 0.00728. The average Bonchev–Trinajstić information content (AvgIpc) is 3.78. The van der Waals surface area contributed by atoms with Gasteiger partial charge in [-0.05, 0) is 97.4 Å². The zero-order chi connectivity index (χ0) is 28.3. The van der Waals surface area contributed by atoms with Gasteiger partial charge in [-0.25, -0.2) is 0 Å². The van der Waals surface area contributed by atoms with E-state index >= 15 is 0 Å². The van der Waals surface area contributed by atoms with Crippen LogP contribution in [0.5, 0.6) is 5.75 Å². The number of aromatic amines is 1. The monoisotopic (exact) mass is 552 g/mol. The molecule has 41 heavy (non-hydrogen) atoms. The van der Waals surface area contributed by atoms with Gasteiger partial charge in [0.05, 0.1) is 0 Å². The predicted molar refractivity (Wildman–Crippen MR) is 155 cm³/mol. The molecule has 8 nitrogen and oxygen atoms in total. The lowest BCUT2D eigenvalue weighted by atomic mass is 9.52. The maximum absolute atomic E-state index is 13.3. The number of likely N-dealkylation sites (tertiary alicyclic amines) is 1. The molecule has 2 heterocycles. The van der Waals surface area contributed by atoms with Crippen molar-refractivity contribution in [2.75, 3.05) is 13.1 Å². The minimum Gasteiger partial charge on any atom is -0.508 e. The molecule has 0 radical (unpaired) electrons. The Morgan fingerprint density at radius 2 is 1.90 bits per heavy atom. The number of carbonyl (C=O) groups is 2. The standard InChI is InChI=1S/C33H36N4O4/c34-30(39)27(12-19-4-2-1-3-5-19)35-31(40)24-13-22-14-26-29-15-21-8-9-23(38)16-25(21)33(26,17-28(22)36-32(24)41)10-11-37(29)18-20-6-7-20/h1-5,8-9,13,16,20,26-27,29,38H,6-7,10-12,14-15,17-18H2,(H2,34,39)(H,35,40)(H,36,41). The van der Waals surface area contributed by atoms with Crippen molar-refractivity contribution in [1.29, 1.82) is 0 Å². The summed E-state index contributed by atoms with van der Waals surface area (Å²) < 4.78 is 0. The number of piperidine rings is 1. The lowest BCUT2D eigenvalue weighted by Crippen LogP contribution is -2.63. The molecule has 3 aromatic rings. The molecule has 1 saturated carbocycles. The molecule has 5 N–H and O–H groups in total. The van der Waals surface area contributed by atoms with Crippen molar-refractivity contribution < 1.29 is 14.7 Å². The maximum atomic E-state index is 13.3. The molecule has 2 aromatic carbocycles. The van der Waals surface area contributed by atoms with Gasteiger partial charge in [0.25, 0.3) is 11.5 Å². The zero-order valence-electron chi connectivity index (χ0n) is 23.1. The first kappa shape index (κ1) is 26.0. The molecule has 4 unspecified atom stereocenters. The second kappa shape index (κ2) is 9.87. The molecule has 1 aromatic heterocycles. The van der Waals surface area contributed by atoms with Crippen LogP contribution < -0.4 is 16.6 Å². The van der Waals surface area contributed by atoms with E-state index in [1.807, 2.05) is 36.4 Å². The topological polar surface area (TPSA) is 129 Å². The van der Waals surface area contributed by atoms with Gasteiger partial charge in [0.2, 0.25) is 5.91 Å². The first-order chi connectivity index (χ1) is 19.8. The normalized spacial score (nSPS) is 25.4. The second-order valence-electron chi connectivity index (χ2n) is 12.6. The fraction of sp³-hybridized carbons (Fsp3) is 0.424. The van der Waals surface area contributed by atoms with Crippen LogP contribution in [0.3, 0.4) is 0 Å². The van der Waals surface area contributed by atoms with Crippen LogP contribution in [-0.4, -0.2) is 52.0 Å². The van der Waals surface area contributed by atoms with Crippen molar-refractivity contribution in [3.8, 4) is 5.75 Å². The van der Waals surface area contributed by atoms with Crippen molar-refractivity contribution >= 4 is 11.8 Å². The van der Waals surface area contributed by atoms with Crippen molar-refractivity contribution in [2.45, 2.75) is 62.4 Å². The van der Waals surface area contributed by atoms with Crippen molar-refractivity contribution in [3.63, 3.8) is 0 Å². The molecule has 1 aliphatic heterocycles. The van der Waals surface area contributed by atoms with Gasteiger partial charge in [0, 0.05) is 30.1 Å². The van der Waals surface area contributed by atoms with Crippen LogP contribution in [0.2, 0.25) is 0 Å². The van der Waals surface area contributed by atoms with Crippen molar-refractivity contribution in [3.05, 3.63) is 98.5 Å². The van der Waals surface area contributed by atoms with Gasteiger partial charge in [-0.15, -0.1) is 0 Å². The highest BCUT2D eigenvalue weighted by Gasteiger charge is 2.55. The van der Waals surface area contributed by atoms with Gasteiger partial charge < -0.3 is 21.1 Å². The third-order valence-electron chi connectivity index (χ3n) is 10.1. The predicted octanol–water partition coefficient (Wildman–Crippen LogP) is 2.60. The van der Waals surface area contributed by atoms with Crippen molar-refractivity contribution in [1.82, 2.24) is 15.2 Å². The van der Waals surface area contributed by atoms with E-state index in [0.717, 1.165) is 55.1 Å². The summed E-state index contributed by atoms with van der Waals surface area (Å²) in [6.07, 6.45) is 6.20. The number of hydrogen-bond acceptors (Lipinski definition) is 5. The molecule has 212 valence electrons. The SMILES string of the molecule is NC(=O)C(Cc1ccccc1)NC(=O)c1cc2c([nH]c1=O)CC13CCN(CC4CC4)C(Cc4ccc(O)cc41)C3C2. The van der Waals surface area contributed by atoms with E-state index in [9.17, 15) is 19.5 Å². The first-order valence-corrected chi connectivity index (χ1v) is 14.8. The van der Waals surface area contributed by atoms with Gasteiger partial charge in [0.1, 0.15) is 17.4 Å². The number of nitrogens with zero attached hydrogens (tertiary/aromatic N) is 1. The van der Waals surface area contributed by atoms with E-state index in [4.69, 9.17) is 5.73 Å². The number of H-pyrrole nitrogens is 1. The van der Waals surface area contributed by atoms with E-state index in [2.05, 4.69) is 21.3 Å². The molecule has 8 heteroatoms. The number of aromatic hydroxyl groups is 1. The summed E-state index contributed by atoms with van der Waals surface area (Å²) in [5.74, 6) is 0.145. The Balaban J connectivity index is 1.21. The molecule has 4 atom stereocenters. The Bertz CT molecular complexity index is 1580. The third kappa shape index (κ3) is 4.64. The number of phenolic OH excluding ortho intramolecular Hbond substituents is 1. The van der Waals surface area contributed by atoms with E-state index in [-0.39, 0.29) is 23.1 Å². The van der Waals surface area contributed by atoms with Gasteiger partial charge in [-0.1, -0.05) is 36.4 Å². The van der Waals surface area contributed by atoms with Gasteiger partial charge >= 0.3 is 0 Å². The molecule has 4 aliphatic rings. The largest absolute Gasteiger partial charge is 0.508 e. The Morgan fingerprint density at radius 1 is 1.10 bits per heavy atom.